The minimum Gasteiger partial charge on any atom is -0.493 e. The van der Waals surface area contributed by atoms with Crippen molar-refractivity contribution in [2.24, 2.45) is 0 Å². The highest BCUT2D eigenvalue weighted by atomic mass is 16.5. The Morgan fingerprint density at radius 3 is 2.61 bits per heavy atom. The smallest absolute Gasteiger partial charge is 0.254 e. The predicted molar refractivity (Wildman–Crippen MR) is 66.1 cm³/mol. The van der Waals surface area contributed by atoms with E-state index < -0.39 is 6.10 Å². The summed E-state index contributed by atoms with van der Waals surface area (Å²) >= 11 is 0. The Hall–Kier alpha value is -1.75. The van der Waals surface area contributed by atoms with E-state index in [1.54, 1.807) is 30.2 Å². The minimum absolute atomic E-state index is 0.0903. The summed E-state index contributed by atoms with van der Waals surface area (Å²) in [6.07, 6.45) is 0.230. The molecule has 0 saturated carbocycles. The molecule has 1 amide bonds. The minimum atomic E-state index is -0.408. The number of rotatable bonds is 3. The third kappa shape index (κ3) is 2.41. The van der Waals surface area contributed by atoms with Gasteiger partial charge in [0.05, 0.1) is 20.3 Å². The van der Waals surface area contributed by atoms with E-state index in [0.717, 1.165) is 0 Å². The second kappa shape index (κ2) is 5.27. The van der Waals surface area contributed by atoms with Gasteiger partial charge in [0.25, 0.3) is 5.91 Å². The summed E-state index contributed by atoms with van der Waals surface area (Å²) in [5, 5.41) is 9.44. The number of carbonyl (C=O) groups is 1. The second-order valence-electron chi connectivity index (χ2n) is 4.26. The molecule has 0 radical (unpaired) electrons. The molecule has 1 atom stereocenters. The van der Waals surface area contributed by atoms with Gasteiger partial charge in [-0.15, -0.1) is 0 Å². The second-order valence-corrected chi connectivity index (χ2v) is 4.26. The molecule has 1 fully saturated rings. The number of carbonyl (C=O) groups excluding carboxylic acids is 1. The summed E-state index contributed by atoms with van der Waals surface area (Å²) in [6.45, 7) is 0.988. The molecule has 0 bridgehead atoms. The number of hydrogen-bond acceptors (Lipinski definition) is 4. The number of likely N-dealkylation sites (tertiary alicyclic amines) is 1. The van der Waals surface area contributed by atoms with Gasteiger partial charge in [-0.05, 0) is 24.6 Å². The van der Waals surface area contributed by atoms with Crippen LogP contribution >= 0.6 is 0 Å². The number of aliphatic hydroxyl groups is 1. The topological polar surface area (TPSA) is 59.0 Å². The summed E-state index contributed by atoms with van der Waals surface area (Å²) in [6, 6.07) is 5.07. The standard InChI is InChI=1S/C13H17NO4/c1-17-11-4-3-9(7-12(11)18-2)13(16)14-6-5-10(15)8-14/h3-4,7,10,15H,5-6,8H2,1-2H3. The van der Waals surface area contributed by atoms with Crippen molar-refractivity contribution in [1.82, 2.24) is 4.90 Å². The van der Waals surface area contributed by atoms with Crippen LogP contribution in [0.4, 0.5) is 0 Å². The van der Waals surface area contributed by atoms with Gasteiger partial charge in [0.1, 0.15) is 0 Å². The van der Waals surface area contributed by atoms with Gasteiger partial charge in [0.2, 0.25) is 0 Å². The summed E-state index contributed by atoms with van der Waals surface area (Å²) in [7, 11) is 3.09. The van der Waals surface area contributed by atoms with Crippen LogP contribution in [0.5, 0.6) is 11.5 Å². The average molecular weight is 251 g/mol. The fourth-order valence-electron chi connectivity index (χ4n) is 2.08. The molecule has 18 heavy (non-hydrogen) atoms. The predicted octanol–water partition coefficient (Wildman–Crippen LogP) is 0.911. The lowest BCUT2D eigenvalue weighted by atomic mass is 10.2. The molecule has 5 heteroatoms. The van der Waals surface area contributed by atoms with Crippen LogP contribution in [-0.2, 0) is 0 Å². The average Bonchev–Trinajstić information content (AvgIpc) is 2.83. The van der Waals surface area contributed by atoms with Crippen molar-refractivity contribution in [2.75, 3.05) is 27.3 Å². The Morgan fingerprint density at radius 2 is 2.06 bits per heavy atom. The summed E-state index contributed by atoms with van der Waals surface area (Å²) in [4.78, 5) is 13.8. The summed E-state index contributed by atoms with van der Waals surface area (Å²) in [5.41, 5.74) is 0.543. The van der Waals surface area contributed by atoms with Crippen LogP contribution in [0, 0.1) is 0 Å². The van der Waals surface area contributed by atoms with Crippen LogP contribution in [-0.4, -0.2) is 49.3 Å². The van der Waals surface area contributed by atoms with E-state index in [9.17, 15) is 9.90 Å². The third-order valence-corrected chi connectivity index (χ3v) is 3.08. The van der Waals surface area contributed by atoms with Crippen LogP contribution < -0.4 is 9.47 Å². The molecule has 0 aliphatic carbocycles. The maximum Gasteiger partial charge on any atom is 0.254 e. The zero-order chi connectivity index (χ0) is 13.1. The number of β-amino-alcohol motifs (C(OH)–C–C–N with tert-alkyl or cyclic N) is 1. The van der Waals surface area contributed by atoms with E-state index in [1.807, 2.05) is 0 Å². The van der Waals surface area contributed by atoms with Gasteiger partial charge >= 0.3 is 0 Å². The first-order valence-corrected chi connectivity index (χ1v) is 5.85. The number of benzene rings is 1. The van der Waals surface area contributed by atoms with Crippen LogP contribution in [0.25, 0.3) is 0 Å². The molecule has 0 aromatic heterocycles. The van der Waals surface area contributed by atoms with Crippen molar-refractivity contribution in [2.45, 2.75) is 12.5 Å². The molecule has 5 nitrogen and oxygen atoms in total. The van der Waals surface area contributed by atoms with Gasteiger partial charge < -0.3 is 19.5 Å². The highest BCUT2D eigenvalue weighted by Gasteiger charge is 2.25. The van der Waals surface area contributed by atoms with Gasteiger partial charge in [-0.1, -0.05) is 0 Å². The van der Waals surface area contributed by atoms with Gasteiger partial charge in [0.15, 0.2) is 11.5 Å². The Bertz CT molecular complexity index is 447. The molecule has 1 aliphatic rings. The normalized spacial score (nSPS) is 18.8. The van der Waals surface area contributed by atoms with E-state index in [4.69, 9.17) is 9.47 Å². The Labute approximate surface area is 106 Å². The van der Waals surface area contributed by atoms with Crippen LogP contribution in [0.2, 0.25) is 0 Å². The number of amides is 1. The molecule has 2 rings (SSSR count). The molecule has 1 heterocycles. The first kappa shape index (κ1) is 12.7. The molecule has 1 aromatic rings. The highest BCUT2D eigenvalue weighted by molar-refractivity contribution is 5.95. The fraction of sp³-hybridized carbons (Fsp3) is 0.462. The van der Waals surface area contributed by atoms with Gasteiger partial charge in [0, 0.05) is 18.7 Å². The molecule has 1 aliphatic heterocycles. The quantitative estimate of drug-likeness (QED) is 0.867. The van der Waals surface area contributed by atoms with Crippen molar-refractivity contribution in [3.05, 3.63) is 23.8 Å². The van der Waals surface area contributed by atoms with Crippen LogP contribution in [0.15, 0.2) is 18.2 Å². The van der Waals surface area contributed by atoms with E-state index >= 15 is 0 Å². The Kier molecular flexibility index (Phi) is 3.72. The lowest BCUT2D eigenvalue weighted by molar-refractivity contribution is 0.0764. The summed E-state index contributed by atoms with van der Waals surface area (Å²) in [5.74, 6) is 1.03. The van der Waals surface area contributed by atoms with E-state index in [-0.39, 0.29) is 5.91 Å². The van der Waals surface area contributed by atoms with Crippen molar-refractivity contribution in [1.29, 1.82) is 0 Å². The van der Waals surface area contributed by atoms with Crippen molar-refractivity contribution < 1.29 is 19.4 Å². The van der Waals surface area contributed by atoms with Gasteiger partial charge in [-0.2, -0.15) is 0 Å². The summed E-state index contributed by atoms with van der Waals surface area (Å²) < 4.78 is 10.3. The van der Waals surface area contributed by atoms with Gasteiger partial charge in [-0.3, -0.25) is 4.79 Å². The molecular weight excluding hydrogens is 234 g/mol. The Balaban J connectivity index is 2.20. The highest BCUT2D eigenvalue weighted by Crippen LogP contribution is 2.28. The lowest BCUT2D eigenvalue weighted by Crippen LogP contribution is -2.29. The van der Waals surface area contributed by atoms with Crippen LogP contribution in [0.1, 0.15) is 16.8 Å². The van der Waals surface area contributed by atoms with E-state index in [2.05, 4.69) is 0 Å². The first-order valence-electron chi connectivity index (χ1n) is 5.85. The largest absolute Gasteiger partial charge is 0.493 e. The van der Waals surface area contributed by atoms with Crippen molar-refractivity contribution >= 4 is 5.91 Å². The number of nitrogens with zero attached hydrogens (tertiary/aromatic N) is 1. The zero-order valence-corrected chi connectivity index (χ0v) is 10.5. The van der Waals surface area contributed by atoms with E-state index in [1.165, 1.54) is 7.11 Å². The number of methoxy groups -OCH3 is 2. The first-order chi connectivity index (χ1) is 8.65. The Morgan fingerprint density at radius 1 is 1.33 bits per heavy atom. The van der Waals surface area contributed by atoms with Crippen molar-refractivity contribution in [3.63, 3.8) is 0 Å². The van der Waals surface area contributed by atoms with Crippen LogP contribution in [0.3, 0.4) is 0 Å². The molecule has 1 N–H and O–H groups in total. The van der Waals surface area contributed by atoms with Gasteiger partial charge in [-0.25, -0.2) is 0 Å². The number of aliphatic hydroxyl groups excluding tert-OH is 1. The molecule has 1 unspecified atom stereocenters. The fourth-order valence-corrected chi connectivity index (χ4v) is 2.08. The SMILES string of the molecule is COc1ccc(C(=O)N2CCC(O)C2)cc1OC. The monoisotopic (exact) mass is 251 g/mol. The van der Waals surface area contributed by atoms with E-state index in [0.29, 0.717) is 36.6 Å². The maximum atomic E-state index is 12.2. The maximum absolute atomic E-state index is 12.2. The molecule has 1 saturated heterocycles. The molecular formula is C13H17NO4. The molecule has 0 spiro atoms. The third-order valence-electron chi connectivity index (χ3n) is 3.08. The van der Waals surface area contributed by atoms with Crippen molar-refractivity contribution in [3.8, 4) is 11.5 Å². The zero-order valence-electron chi connectivity index (χ0n) is 10.5. The molecule has 98 valence electrons. The lowest BCUT2D eigenvalue weighted by Gasteiger charge is -2.16. The number of hydrogen-bond donors (Lipinski definition) is 1. The molecule has 1 aromatic carbocycles. The number of ether oxygens (including phenoxy) is 2.